The molecular weight excluding hydrogens is 358 g/mol. The number of nitrogens with zero attached hydrogens (tertiary/aromatic N) is 6. The smallest absolute Gasteiger partial charge is 0.255 e. The molecule has 2 fully saturated rings. The molecule has 3 aromatic heterocycles. The number of aromatic amines is 1. The number of H-pyrrole nitrogens is 1. The van der Waals surface area contributed by atoms with Gasteiger partial charge in [-0.25, -0.2) is 14.6 Å². The first-order valence-corrected chi connectivity index (χ1v) is 9.22. The topological polar surface area (TPSA) is 100 Å². The van der Waals surface area contributed by atoms with Gasteiger partial charge >= 0.3 is 0 Å². The fourth-order valence-corrected chi connectivity index (χ4v) is 4.11. The monoisotopic (exact) mass is 377 g/mol. The van der Waals surface area contributed by atoms with E-state index in [1.807, 2.05) is 23.2 Å². The molecule has 1 amide bonds. The maximum absolute atomic E-state index is 12.7. The van der Waals surface area contributed by atoms with Gasteiger partial charge in [0.25, 0.3) is 5.91 Å². The van der Waals surface area contributed by atoms with E-state index >= 15 is 0 Å². The molecule has 3 aromatic rings. The predicted molar refractivity (Wildman–Crippen MR) is 101 cm³/mol. The van der Waals surface area contributed by atoms with Gasteiger partial charge in [-0.2, -0.15) is 5.10 Å². The standard InChI is InChI=1S/C19H19N7O2/c27-18-3-2-13(7-20-18)19(28)25-10-14-8-24(9-15(14)11-25)16-6-17(22-12-21-16)26-5-1-4-23-26/h1-7,12,14-15H,8-11H2,(H,20,27). The number of carbonyl (C=O) groups excluding carboxylic acids is 1. The summed E-state index contributed by atoms with van der Waals surface area (Å²) in [6, 6.07) is 6.77. The van der Waals surface area contributed by atoms with Crippen LogP contribution in [0.4, 0.5) is 5.82 Å². The summed E-state index contributed by atoms with van der Waals surface area (Å²) in [5.74, 6) is 2.42. The number of nitrogens with one attached hydrogen (secondary N) is 1. The molecule has 0 radical (unpaired) electrons. The minimum atomic E-state index is -0.204. The highest BCUT2D eigenvalue weighted by atomic mass is 16.2. The third kappa shape index (κ3) is 2.94. The van der Waals surface area contributed by atoms with E-state index in [0.29, 0.717) is 17.4 Å². The molecule has 0 aromatic carbocycles. The zero-order valence-corrected chi connectivity index (χ0v) is 15.1. The van der Waals surface area contributed by atoms with E-state index in [1.54, 1.807) is 23.3 Å². The fourth-order valence-electron chi connectivity index (χ4n) is 4.11. The molecule has 9 heteroatoms. The van der Waals surface area contributed by atoms with E-state index in [-0.39, 0.29) is 11.5 Å². The summed E-state index contributed by atoms with van der Waals surface area (Å²) in [4.78, 5) is 39.3. The van der Waals surface area contributed by atoms with Gasteiger partial charge in [-0.15, -0.1) is 0 Å². The van der Waals surface area contributed by atoms with E-state index in [1.165, 1.54) is 12.3 Å². The number of hydrogen-bond acceptors (Lipinski definition) is 6. The first-order chi connectivity index (χ1) is 13.7. The third-order valence-electron chi connectivity index (χ3n) is 5.51. The van der Waals surface area contributed by atoms with Crippen molar-refractivity contribution >= 4 is 11.7 Å². The van der Waals surface area contributed by atoms with Gasteiger partial charge in [-0.1, -0.05) is 0 Å². The molecule has 5 rings (SSSR count). The Morgan fingerprint density at radius 1 is 1.07 bits per heavy atom. The predicted octanol–water partition coefficient (Wildman–Crippen LogP) is 0.559. The Kier molecular flexibility index (Phi) is 3.92. The Hall–Kier alpha value is -3.49. The molecule has 28 heavy (non-hydrogen) atoms. The van der Waals surface area contributed by atoms with Gasteiger partial charge in [-0.3, -0.25) is 9.59 Å². The maximum atomic E-state index is 12.7. The van der Waals surface area contributed by atoms with Crippen molar-refractivity contribution in [2.45, 2.75) is 0 Å². The van der Waals surface area contributed by atoms with Crippen LogP contribution in [0, 0.1) is 11.8 Å². The van der Waals surface area contributed by atoms with Crippen LogP contribution in [-0.2, 0) is 0 Å². The zero-order chi connectivity index (χ0) is 19.1. The van der Waals surface area contributed by atoms with Crippen LogP contribution in [0.1, 0.15) is 10.4 Å². The molecular formula is C19H19N7O2. The summed E-state index contributed by atoms with van der Waals surface area (Å²) in [6.07, 6.45) is 6.62. The van der Waals surface area contributed by atoms with Crippen molar-refractivity contribution in [2.75, 3.05) is 31.1 Å². The van der Waals surface area contributed by atoms with E-state index in [9.17, 15) is 9.59 Å². The molecule has 5 heterocycles. The van der Waals surface area contributed by atoms with Crippen molar-refractivity contribution in [3.05, 3.63) is 65.1 Å². The van der Waals surface area contributed by atoms with Crippen molar-refractivity contribution < 1.29 is 4.79 Å². The molecule has 1 N–H and O–H groups in total. The van der Waals surface area contributed by atoms with Gasteiger partial charge in [0.05, 0.1) is 5.56 Å². The summed E-state index contributed by atoms with van der Waals surface area (Å²) in [5, 5.41) is 4.22. The normalized spacial score (nSPS) is 21.1. The summed E-state index contributed by atoms with van der Waals surface area (Å²) in [7, 11) is 0. The van der Waals surface area contributed by atoms with Crippen molar-refractivity contribution in [1.82, 2.24) is 29.6 Å². The van der Waals surface area contributed by atoms with Crippen LogP contribution < -0.4 is 10.5 Å². The average molecular weight is 377 g/mol. The highest BCUT2D eigenvalue weighted by molar-refractivity contribution is 5.94. The van der Waals surface area contributed by atoms with Crippen LogP contribution in [-0.4, -0.2) is 61.7 Å². The lowest BCUT2D eigenvalue weighted by atomic mass is 10.0. The number of likely N-dealkylation sites (tertiary alicyclic amines) is 1. The lowest BCUT2D eigenvalue weighted by Crippen LogP contribution is -2.33. The minimum Gasteiger partial charge on any atom is -0.356 e. The Morgan fingerprint density at radius 3 is 2.54 bits per heavy atom. The molecule has 2 saturated heterocycles. The van der Waals surface area contributed by atoms with E-state index in [2.05, 4.69) is 25.0 Å². The van der Waals surface area contributed by atoms with Gasteiger partial charge in [0.2, 0.25) is 5.56 Å². The van der Waals surface area contributed by atoms with E-state index in [4.69, 9.17) is 0 Å². The second-order valence-electron chi connectivity index (χ2n) is 7.26. The number of fused-ring (bicyclic) bond motifs is 1. The molecule has 0 spiro atoms. The minimum absolute atomic E-state index is 0.0276. The van der Waals surface area contributed by atoms with Crippen LogP contribution >= 0.6 is 0 Å². The van der Waals surface area contributed by atoms with Crippen molar-refractivity contribution in [1.29, 1.82) is 0 Å². The Bertz CT molecular complexity index is 1030. The van der Waals surface area contributed by atoms with Crippen LogP contribution in [0.3, 0.4) is 0 Å². The Morgan fingerprint density at radius 2 is 1.86 bits per heavy atom. The summed E-state index contributed by atoms with van der Waals surface area (Å²) in [6.45, 7) is 3.15. The van der Waals surface area contributed by atoms with Gasteiger partial charge in [0, 0.05) is 68.7 Å². The highest BCUT2D eigenvalue weighted by Gasteiger charge is 2.42. The SMILES string of the molecule is O=C(c1ccc(=O)[nH]c1)N1CC2CN(c3cc(-n4cccn4)ncn3)CC2C1. The molecule has 2 unspecified atom stereocenters. The first-order valence-electron chi connectivity index (χ1n) is 9.22. The second kappa shape index (κ2) is 6.59. The quantitative estimate of drug-likeness (QED) is 0.716. The molecule has 0 aliphatic carbocycles. The van der Waals surface area contributed by atoms with Crippen LogP contribution in [0.25, 0.3) is 5.82 Å². The van der Waals surface area contributed by atoms with Crippen LogP contribution in [0.5, 0.6) is 0 Å². The summed E-state index contributed by atoms with van der Waals surface area (Å²) in [5.41, 5.74) is 0.320. The summed E-state index contributed by atoms with van der Waals surface area (Å²) < 4.78 is 1.71. The van der Waals surface area contributed by atoms with Gasteiger partial charge < -0.3 is 14.8 Å². The maximum Gasteiger partial charge on any atom is 0.255 e. The van der Waals surface area contributed by atoms with Crippen molar-refractivity contribution in [3.8, 4) is 5.82 Å². The number of carbonyl (C=O) groups is 1. The van der Waals surface area contributed by atoms with Gasteiger partial charge in [-0.05, 0) is 12.1 Å². The molecule has 9 nitrogen and oxygen atoms in total. The van der Waals surface area contributed by atoms with Crippen LogP contribution in [0.2, 0.25) is 0 Å². The Balaban J connectivity index is 1.27. The summed E-state index contributed by atoms with van der Waals surface area (Å²) >= 11 is 0. The van der Waals surface area contributed by atoms with Crippen LogP contribution in [0.15, 0.2) is 54.0 Å². The number of hydrogen-bond donors (Lipinski definition) is 1. The number of pyridine rings is 1. The van der Waals surface area contributed by atoms with Gasteiger partial charge in [0.15, 0.2) is 5.82 Å². The lowest BCUT2D eigenvalue weighted by molar-refractivity contribution is 0.0782. The average Bonchev–Trinajstić information content (AvgIpc) is 3.44. The molecule has 2 atom stereocenters. The van der Waals surface area contributed by atoms with Crippen molar-refractivity contribution in [2.24, 2.45) is 11.8 Å². The van der Waals surface area contributed by atoms with E-state index in [0.717, 1.165) is 37.8 Å². The number of anilines is 1. The number of aromatic nitrogens is 5. The molecule has 2 aliphatic rings. The van der Waals surface area contributed by atoms with Crippen molar-refractivity contribution in [3.63, 3.8) is 0 Å². The number of rotatable bonds is 3. The molecule has 0 saturated carbocycles. The highest BCUT2D eigenvalue weighted by Crippen LogP contribution is 2.34. The molecule has 142 valence electrons. The first kappa shape index (κ1) is 16.7. The largest absolute Gasteiger partial charge is 0.356 e. The fraction of sp³-hybridized carbons (Fsp3) is 0.316. The third-order valence-corrected chi connectivity index (χ3v) is 5.51. The second-order valence-corrected chi connectivity index (χ2v) is 7.26. The van der Waals surface area contributed by atoms with Gasteiger partial charge in [0.1, 0.15) is 12.1 Å². The molecule has 2 aliphatic heterocycles. The zero-order valence-electron chi connectivity index (χ0n) is 15.1. The lowest BCUT2D eigenvalue weighted by Gasteiger charge is -2.22. The van der Waals surface area contributed by atoms with E-state index < -0.39 is 0 Å². The molecule has 0 bridgehead atoms. The Labute approximate surface area is 160 Å². The number of amides is 1.